The molecule has 2 N–H and O–H groups in total. The lowest BCUT2D eigenvalue weighted by molar-refractivity contribution is -0.141. The van der Waals surface area contributed by atoms with E-state index >= 15 is 0 Å². The maximum atomic E-state index is 11.1. The van der Waals surface area contributed by atoms with Gasteiger partial charge in [-0.15, -0.1) is 5.10 Å². The fraction of sp³-hybridized carbons (Fsp3) is 0.421. The number of rotatable bonds is 8. The van der Waals surface area contributed by atoms with Crippen LogP contribution in [0.3, 0.4) is 0 Å². The summed E-state index contributed by atoms with van der Waals surface area (Å²) in [4.78, 5) is 20.0. The van der Waals surface area contributed by atoms with Gasteiger partial charge in [0, 0.05) is 13.2 Å². The summed E-state index contributed by atoms with van der Waals surface area (Å²) in [6.45, 7) is 1.00. The standard InChI is InChI=1S/C19H22N6O4/c1-28-8-9-29-15-6-4-14(5-7-15)25-17-16(23-24-25)11-20-19(22-17)21-13-3-2-12(10-13)18(26)27/h4-7,11-13H,2-3,8-10H2,1H3,(H,26,27)(H,20,21,22)/t12-,13+/m0/s1. The molecule has 0 radical (unpaired) electrons. The molecule has 1 fully saturated rings. The van der Waals surface area contributed by atoms with E-state index in [-0.39, 0.29) is 12.0 Å². The maximum absolute atomic E-state index is 11.1. The van der Waals surface area contributed by atoms with Gasteiger partial charge in [0.25, 0.3) is 0 Å². The van der Waals surface area contributed by atoms with Gasteiger partial charge in [0.2, 0.25) is 5.95 Å². The predicted octanol–water partition coefficient (Wildman–Crippen LogP) is 1.90. The third-order valence-corrected chi connectivity index (χ3v) is 4.95. The number of ether oxygens (including phenoxy) is 2. The summed E-state index contributed by atoms with van der Waals surface area (Å²) in [5.74, 6) is 0.119. The number of fused-ring (bicyclic) bond motifs is 1. The summed E-state index contributed by atoms with van der Waals surface area (Å²) in [6, 6.07) is 7.49. The molecule has 0 spiro atoms. The lowest BCUT2D eigenvalue weighted by Crippen LogP contribution is -2.19. The average Bonchev–Trinajstić information content (AvgIpc) is 3.36. The monoisotopic (exact) mass is 398 g/mol. The quantitative estimate of drug-likeness (QED) is 0.547. The molecule has 2 heterocycles. The summed E-state index contributed by atoms with van der Waals surface area (Å²) in [5, 5.41) is 20.7. The number of carbonyl (C=O) groups is 1. The highest BCUT2D eigenvalue weighted by molar-refractivity contribution is 5.72. The Labute approximate surface area is 166 Å². The third kappa shape index (κ3) is 4.27. The Hall–Kier alpha value is -3.27. The van der Waals surface area contributed by atoms with Crippen LogP contribution in [0.4, 0.5) is 5.95 Å². The minimum Gasteiger partial charge on any atom is -0.491 e. The van der Waals surface area contributed by atoms with Gasteiger partial charge < -0.3 is 19.9 Å². The van der Waals surface area contributed by atoms with E-state index in [9.17, 15) is 4.79 Å². The third-order valence-electron chi connectivity index (χ3n) is 4.95. The van der Waals surface area contributed by atoms with Crippen LogP contribution in [0.1, 0.15) is 19.3 Å². The second kappa shape index (κ2) is 8.39. The zero-order chi connectivity index (χ0) is 20.2. The molecule has 1 aliphatic carbocycles. The number of hydrogen-bond acceptors (Lipinski definition) is 8. The molecule has 1 saturated carbocycles. The average molecular weight is 398 g/mol. The van der Waals surface area contributed by atoms with Crippen molar-refractivity contribution >= 4 is 23.1 Å². The van der Waals surface area contributed by atoms with Crippen molar-refractivity contribution in [2.24, 2.45) is 5.92 Å². The van der Waals surface area contributed by atoms with Gasteiger partial charge in [0.1, 0.15) is 12.4 Å². The van der Waals surface area contributed by atoms with E-state index in [0.29, 0.717) is 43.2 Å². The molecular weight excluding hydrogens is 376 g/mol. The Balaban J connectivity index is 1.51. The lowest BCUT2D eigenvalue weighted by Gasteiger charge is -2.12. The highest BCUT2D eigenvalue weighted by atomic mass is 16.5. The van der Waals surface area contributed by atoms with Gasteiger partial charge in [-0.2, -0.15) is 9.67 Å². The number of nitrogens with zero attached hydrogens (tertiary/aromatic N) is 5. The largest absolute Gasteiger partial charge is 0.491 e. The molecule has 29 heavy (non-hydrogen) atoms. The number of hydrogen-bond donors (Lipinski definition) is 2. The molecule has 0 amide bonds. The van der Waals surface area contributed by atoms with Gasteiger partial charge in [-0.3, -0.25) is 4.79 Å². The van der Waals surface area contributed by atoms with Crippen molar-refractivity contribution in [3.05, 3.63) is 30.5 Å². The minimum atomic E-state index is -0.748. The number of nitrogens with one attached hydrogen (secondary N) is 1. The van der Waals surface area contributed by atoms with Crippen LogP contribution in [0, 0.1) is 5.92 Å². The number of carboxylic acid groups (broad SMARTS) is 1. The first kappa shape index (κ1) is 19.1. The maximum Gasteiger partial charge on any atom is 0.306 e. The summed E-state index contributed by atoms with van der Waals surface area (Å²) < 4.78 is 12.2. The van der Waals surface area contributed by atoms with Crippen molar-refractivity contribution in [2.75, 3.05) is 25.6 Å². The Morgan fingerprint density at radius 1 is 1.28 bits per heavy atom. The normalized spacial score (nSPS) is 18.8. The Kier molecular flexibility index (Phi) is 5.52. The number of aliphatic carboxylic acids is 1. The summed E-state index contributed by atoms with van der Waals surface area (Å²) in [7, 11) is 1.63. The van der Waals surface area contributed by atoms with Gasteiger partial charge in [0.05, 0.1) is 24.4 Å². The first-order valence-corrected chi connectivity index (χ1v) is 9.44. The Bertz CT molecular complexity index is 990. The van der Waals surface area contributed by atoms with E-state index in [2.05, 4.69) is 25.6 Å². The van der Waals surface area contributed by atoms with Crippen LogP contribution in [0.25, 0.3) is 16.9 Å². The fourth-order valence-corrected chi connectivity index (χ4v) is 3.42. The number of carboxylic acids is 1. The highest BCUT2D eigenvalue weighted by Crippen LogP contribution is 2.28. The number of anilines is 1. The van der Waals surface area contributed by atoms with Gasteiger partial charge in [-0.05, 0) is 43.5 Å². The van der Waals surface area contributed by atoms with Crippen LogP contribution >= 0.6 is 0 Å². The molecule has 10 heteroatoms. The van der Waals surface area contributed by atoms with E-state index in [1.54, 1.807) is 18.0 Å². The zero-order valence-corrected chi connectivity index (χ0v) is 16.0. The van der Waals surface area contributed by atoms with Crippen LogP contribution in [-0.2, 0) is 9.53 Å². The molecule has 10 nitrogen and oxygen atoms in total. The van der Waals surface area contributed by atoms with E-state index in [1.165, 1.54) is 0 Å². The van der Waals surface area contributed by atoms with Crippen molar-refractivity contribution in [1.29, 1.82) is 0 Å². The van der Waals surface area contributed by atoms with Gasteiger partial charge in [0.15, 0.2) is 11.2 Å². The van der Waals surface area contributed by atoms with Gasteiger partial charge in [-0.25, -0.2) is 4.98 Å². The van der Waals surface area contributed by atoms with Crippen LogP contribution in [0.15, 0.2) is 30.5 Å². The molecule has 2 atom stereocenters. The van der Waals surface area contributed by atoms with E-state index < -0.39 is 5.97 Å². The first-order valence-electron chi connectivity index (χ1n) is 9.44. The lowest BCUT2D eigenvalue weighted by atomic mass is 10.1. The molecule has 0 aliphatic heterocycles. The summed E-state index contributed by atoms with van der Waals surface area (Å²) >= 11 is 0. The van der Waals surface area contributed by atoms with E-state index in [4.69, 9.17) is 14.6 Å². The van der Waals surface area contributed by atoms with Crippen molar-refractivity contribution in [3.8, 4) is 11.4 Å². The number of methoxy groups -OCH3 is 1. The van der Waals surface area contributed by atoms with Crippen LogP contribution in [-0.4, -0.2) is 62.4 Å². The Morgan fingerprint density at radius 3 is 2.83 bits per heavy atom. The van der Waals surface area contributed by atoms with Crippen LogP contribution in [0.5, 0.6) is 5.75 Å². The second-order valence-corrected chi connectivity index (χ2v) is 6.93. The van der Waals surface area contributed by atoms with Crippen molar-refractivity contribution in [1.82, 2.24) is 25.0 Å². The number of benzene rings is 1. The number of aromatic nitrogens is 5. The minimum absolute atomic E-state index is 0.0430. The topological polar surface area (TPSA) is 124 Å². The molecule has 4 rings (SSSR count). The molecule has 152 valence electrons. The molecule has 1 aliphatic rings. The fourth-order valence-electron chi connectivity index (χ4n) is 3.42. The second-order valence-electron chi connectivity index (χ2n) is 6.93. The predicted molar refractivity (Wildman–Crippen MR) is 104 cm³/mol. The molecule has 2 aromatic heterocycles. The molecular formula is C19H22N6O4. The Morgan fingerprint density at radius 2 is 2.10 bits per heavy atom. The van der Waals surface area contributed by atoms with E-state index in [0.717, 1.165) is 17.9 Å². The summed E-state index contributed by atoms with van der Waals surface area (Å²) in [6.07, 6.45) is 3.62. The van der Waals surface area contributed by atoms with E-state index in [1.807, 2.05) is 24.3 Å². The molecule has 0 saturated heterocycles. The van der Waals surface area contributed by atoms with Gasteiger partial charge >= 0.3 is 5.97 Å². The van der Waals surface area contributed by atoms with Crippen molar-refractivity contribution < 1.29 is 19.4 Å². The molecule has 3 aromatic rings. The van der Waals surface area contributed by atoms with Gasteiger partial charge in [-0.1, -0.05) is 5.21 Å². The van der Waals surface area contributed by atoms with Crippen molar-refractivity contribution in [2.45, 2.75) is 25.3 Å². The van der Waals surface area contributed by atoms with Crippen molar-refractivity contribution in [3.63, 3.8) is 0 Å². The highest BCUT2D eigenvalue weighted by Gasteiger charge is 2.30. The molecule has 0 unspecified atom stereocenters. The SMILES string of the molecule is COCCOc1ccc(-n2nnc3cnc(N[C@@H]4CC[C@H](C(=O)O)C4)nc32)cc1. The van der Waals surface area contributed by atoms with Crippen LogP contribution in [0.2, 0.25) is 0 Å². The zero-order valence-electron chi connectivity index (χ0n) is 16.0. The first-order chi connectivity index (χ1) is 14.1. The molecule has 0 bridgehead atoms. The summed E-state index contributed by atoms with van der Waals surface area (Å²) in [5.41, 5.74) is 1.94. The smallest absolute Gasteiger partial charge is 0.306 e. The molecule has 1 aromatic carbocycles. The van der Waals surface area contributed by atoms with Crippen LogP contribution < -0.4 is 10.1 Å².